The lowest BCUT2D eigenvalue weighted by molar-refractivity contribution is -0.110. The number of hydrogen-bond donors (Lipinski definition) is 2. The summed E-state index contributed by atoms with van der Waals surface area (Å²) < 4.78 is 5.89. The summed E-state index contributed by atoms with van der Waals surface area (Å²) in [5.74, 6) is 1.79. The molecule has 4 saturated carbocycles. The predicted molar refractivity (Wildman–Crippen MR) is 124 cm³/mol. The monoisotopic (exact) mass is 413 g/mol. The van der Waals surface area contributed by atoms with Gasteiger partial charge < -0.3 is 15.2 Å². The molecule has 4 fully saturated rings. The van der Waals surface area contributed by atoms with Gasteiger partial charge in [0.25, 0.3) is 0 Å². The number of aliphatic hydroxyl groups is 1. The maximum atomic E-state index is 10.2. The summed E-state index contributed by atoms with van der Waals surface area (Å²) in [5, 5.41) is 13.5. The molecule has 0 saturated heterocycles. The van der Waals surface area contributed by atoms with Crippen molar-refractivity contribution in [2.24, 2.45) is 16.7 Å². The van der Waals surface area contributed by atoms with E-state index >= 15 is 0 Å². The Hall–Kier alpha value is -1.06. The van der Waals surface area contributed by atoms with Crippen molar-refractivity contribution in [2.45, 2.75) is 96.5 Å². The molecule has 0 amide bonds. The first-order valence-electron chi connectivity index (χ1n) is 12.5. The fraction of sp³-hybridized carbons (Fsp3) is 0.778. The van der Waals surface area contributed by atoms with Gasteiger partial charge in [-0.1, -0.05) is 52.2 Å². The van der Waals surface area contributed by atoms with Crippen molar-refractivity contribution in [1.82, 2.24) is 5.32 Å². The number of unbranched alkanes of at least 4 members (excludes halogenated alkanes) is 3. The number of hydrogen-bond acceptors (Lipinski definition) is 3. The van der Waals surface area contributed by atoms with Crippen molar-refractivity contribution in [3.05, 3.63) is 29.8 Å². The van der Waals surface area contributed by atoms with E-state index in [2.05, 4.69) is 50.4 Å². The molecule has 3 nitrogen and oxygen atoms in total. The molecule has 4 aliphatic rings. The van der Waals surface area contributed by atoms with Crippen LogP contribution in [-0.2, 0) is 5.41 Å². The highest BCUT2D eigenvalue weighted by atomic mass is 16.5. The van der Waals surface area contributed by atoms with Gasteiger partial charge in [-0.3, -0.25) is 0 Å². The van der Waals surface area contributed by atoms with Gasteiger partial charge in [0, 0.05) is 6.54 Å². The first-order chi connectivity index (χ1) is 14.3. The summed E-state index contributed by atoms with van der Waals surface area (Å²) in [4.78, 5) is 0. The topological polar surface area (TPSA) is 41.5 Å². The van der Waals surface area contributed by atoms with Gasteiger partial charge >= 0.3 is 0 Å². The summed E-state index contributed by atoms with van der Waals surface area (Å²) in [6.45, 7) is 9.25. The second kappa shape index (κ2) is 8.82. The van der Waals surface area contributed by atoms with Gasteiger partial charge in [0.05, 0.1) is 0 Å². The Balaban J connectivity index is 1.28. The first kappa shape index (κ1) is 22.1. The zero-order valence-corrected chi connectivity index (χ0v) is 19.5. The Morgan fingerprint density at radius 3 is 2.33 bits per heavy atom. The normalized spacial score (nSPS) is 35.5. The molecular weight excluding hydrogens is 370 g/mol. The Labute approximate surface area is 184 Å². The lowest BCUT2D eigenvalue weighted by Crippen LogP contribution is -2.56. The number of nitrogens with one attached hydrogen (secondary N) is 1. The van der Waals surface area contributed by atoms with Crippen molar-refractivity contribution in [3.63, 3.8) is 0 Å². The number of aliphatic hydroxyl groups excluding tert-OH is 1. The third kappa shape index (κ3) is 4.88. The third-order valence-electron chi connectivity index (χ3n) is 8.12. The largest absolute Gasteiger partial charge is 0.491 e. The smallest absolute Gasteiger partial charge is 0.119 e. The molecule has 0 spiro atoms. The first-order valence-corrected chi connectivity index (χ1v) is 12.5. The van der Waals surface area contributed by atoms with Crippen molar-refractivity contribution in [1.29, 1.82) is 0 Å². The van der Waals surface area contributed by atoms with Gasteiger partial charge in [0.2, 0.25) is 0 Å². The SMILES string of the molecule is CCCCCCNCC(O)COc1ccc(C23CC4C[C@@](C)(C2)C[C@](C)(C4)C3)cc1. The molecule has 2 N–H and O–H groups in total. The van der Waals surface area contributed by atoms with Crippen LogP contribution in [0.2, 0.25) is 0 Å². The van der Waals surface area contributed by atoms with Crippen molar-refractivity contribution >= 4 is 0 Å². The van der Waals surface area contributed by atoms with E-state index in [-0.39, 0.29) is 0 Å². The minimum Gasteiger partial charge on any atom is -0.491 e. The quantitative estimate of drug-likeness (QED) is 0.448. The molecule has 168 valence electrons. The molecule has 4 bridgehead atoms. The zero-order valence-electron chi connectivity index (χ0n) is 19.5. The second-order valence-corrected chi connectivity index (χ2v) is 11.7. The molecule has 1 aromatic carbocycles. The van der Waals surface area contributed by atoms with Crippen LogP contribution >= 0.6 is 0 Å². The minimum absolute atomic E-state index is 0.352. The molecule has 0 radical (unpaired) electrons. The van der Waals surface area contributed by atoms with Crippen LogP contribution in [0, 0.1) is 16.7 Å². The second-order valence-electron chi connectivity index (χ2n) is 11.7. The van der Waals surface area contributed by atoms with Crippen molar-refractivity contribution < 1.29 is 9.84 Å². The number of benzene rings is 1. The van der Waals surface area contributed by atoms with E-state index in [0.29, 0.717) is 29.4 Å². The summed E-state index contributed by atoms with van der Waals surface area (Å²) in [5.41, 5.74) is 2.97. The predicted octanol–water partition coefficient (Wildman–Crippen LogP) is 5.84. The van der Waals surface area contributed by atoms with Crippen LogP contribution in [0.15, 0.2) is 24.3 Å². The maximum absolute atomic E-state index is 10.2. The lowest BCUT2D eigenvalue weighted by atomic mass is 9.39. The van der Waals surface area contributed by atoms with Gasteiger partial charge in [-0.15, -0.1) is 0 Å². The molecule has 3 heteroatoms. The minimum atomic E-state index is -0.459. The van der Waals surface area contributed by atoms with Gasteiger partial charge in [0.1, 0.15) is 18.5 Å². The molecule has 5 atom stereocenters. The molecule has 0 aromatic heterocycles. The summed E-state index contributed by atoms with van der Waals surface area (Å²) in [6, 6.07) is 8.88. The molecule has 5 rings (SSSR count). The summed E-state index contributed by atoms with van der Waals surface area (Å²) >= 11 is 0. The molecule has 4 aliphatic carbocycles. The molecule has 3 unspecified atom stereocenters. The van der Waals surface area contributed by atoms with Gasteiger partial charge in [-0.25, -0.2) is 0 Å². The highest BCUT2D eigenvalue weighted by Crippen LogP contribution is 2.69. The maximum Gasteiger partial charge on any atom is 0.119 e. The van der Waals surface area contributed by atoms with E-state index in [1.54, 1.807) is 0 Å². The van der Waals surface area contributed by atoms with Gasteiger partial charge in [0.15, 0.2) is 0 Å². The van der Waals surface area contributed by atoms with Gasteiger partial charge in [-0.2, -0.15) is 0 Å². The van der Waals surface area contributed by atoms with E-state index in [1.165, 1.54) is 69.8 Å². The van der Waals surface area contributed by atoms with Crippen LogP contribution in [0.3, 0.4) is 0 Å². The van der Waals surface area contributed by atoms with E-state index in [9.17, 15) is 5.11 Å². The summed E-state index contributed by atoms with van der Waals surface area (Å²) in [6.07, 6.45) is 12.9. The number of rotatable bonds is 11. The van der Waals surface area contributed by atoms with E-state index in [0.717, 1.165) is 18.2 Å². The van der Waals surface area contributed by atoms with Gasteiger partial charge in [-0.05, 0) is 91.3 Å². The Bertz CT molecular complexity index is 681. The Kier molecular flexibility index (Phi) is 6.51. The van der Waals surface area contributed by atoms with Crippen LogP contribution in [-0.4, -0.2) is 30.9 Å². The average Bonchev–Trinajstić information content (AvgIpc) is 2.66. The van der Waals surface area contributed by atoms with Crippen LogP contribution in [0.4, 0.5) is 0 Å². The third-order valence-corrected chi connectivity index (χ3v) is 8.12. The van der Waals surface area contributed by atoms with E-state index < -0.39 is 6.10 Å². The highest BCUT2D eigenvalue weighted by molar-refractivity contribution is 5.36. The standard InChI is InChI=1S/C27H43NO2/c1-4-5-6-7-12-28-16-23(29)17-30-24-10-8-22(9-11-24)27-15-21-13-25(2,19-27)18-26(3,14-21)20-27/h8-11,21,23,28-29H,4-7,12-20H2,1-3H3/t21?,23?,25-,26+,27?. The Morgan fingerprint density at radius 1 is 1.00 bits per heavy atom. The van der Waals surface area contributed by atoms with Crippen LogP contribution in [0.25, 0.3) is 0 Å². The molecule has 30 heavy (non-hydrogen) atoms. The van der Waals surface area contributed by atoms with Crippen LogP contribution in [0.5, 0.6) is 5.75 Å². The fourth-order valence-electron chi connectivity index (χ4n) is 7.87. The summed E-state index contributed by atoms with van der Waals surface area (Å²) in [7, 11) is 0. The van der Waals surface area contributed by atoms with Crippen molar-refractivity contribution in [2.75, 3.05) is 19.7 Å². The highest BCUT2D eigenvalue weighted by Gasteiger charge is 2.60. The van der Waals surface area contributed by atoms with E-state index in [4.69, 9.17) is 4.74 Å². The van der Waals surface area contributed by atoms with E-state index in [1.807, 2.05) is 0 Å². The molecule has 0 heterocycles. The fourth-order valence-corrected chi connectivity index (χ4v) is 7.87. The Morgan fingerprint density at radius 2 is 1.70 bits per heavy atom. The van der Waals surface area contributed by atoms with Crippen molar-refractivity contribution in [3.8, 4) is 5.75 Å². The molecular formula is C27H43NO2. The lowest BCUT2D eigenvalue weighted by Gasteiger charge is -2.65. The zero-order chi connectivity index (χ0) is 21.2. The van der Waals surface area contributed by atoms with Crippen LogP contribution in [0.1, 0.15) is 90.5 Å². The molecule has 0 aliphatic heterocycles. The average molecular weight is 414 g/mol. The molecule has 1 aromatic rings. The van der Waals surface area contributed by atoms with Crippen LogP contribution < -0.4 is 10.1 Å². The number of ether oxygens (including phenoxy) is 1.